The topological polar surface area (TPSA) is 38.9 Å². The van der Waals surface area contributed by atoms with Gasteiger partial charge in [0.15, 0.2) is 0 Å². The highest BCUT2D eigenvalue weighted by Crippen LogP contribution is 2.19. The largest absolute Gasteiger partial charge is 0.397 e. The van der Waals surface area contributed by atoms with Crippen molar-refractivity contribution in [3.8, 4) is 0 Å². The number of pyridine rings is 1. The van der Waals surface area contributed by atoms with Crippen LogP contribution in [0.1, 0.15) is 17.8 Å². The molecule has 2 N–H and O–H groups in total. The van der Waals surface area contributed by atoms with E-state index >= 15 is 0 Å². The SMILES string of the molecule is C=Cc1nc(C(F)F)ccc1N. The van der Waals surface area contributed by atoms with E-state index < -0.39 is 6.43 Å². The summed E-state index contributed by atoms with van der Waals surface area (Å²) in [6, 6.07) is 2.60. The van der Waals surface area contributed by atoms with Crippen LogP contribution in [-0.4, -0.2) is 4.98 Å². The molecule has 0 unspecified atom stereocenters. The fraction of sp³-hybridized carbons (Fsp3) is 0.125. The second kappa shape index (κ2) is 3.30. The Kier molecular flexibility index (Phi) is 2.38. The number of nitrogens with zero attached hydrogens (tertiary/aromatic N) is 1. The van der Waals surface area contributed by atoms with Gasteiger partial charge in [0.2, 0.25) is 0 Å². The summed E-state index contributed by atoms with van der Waals surface area (Å²) in [6.07, 6.45) is -1.22. The number of halogens is 2. The van der Waals surface area contributed by atoms with Crippen LogP contribution in [0, 0.1) is 0 Å². The smallest absolute Gasteiger partial charge is 0.280 e. The summed E-state index contributed by atoms with van der Waals surface area (Å²) in [5.74, 6) is 0. The van der Waals surface area contributed by atoms with Crippen molar-refractivity contribution in [1.82, 2.24) is 4.98 Å². The second-order valence-corrected chi connectivity index (χ2v) is 2.22. The maximum Gasteiger partial charge on any atom is 0.280 e. The van der Waals surface area contributed by atoms with E-state index in [1.807, 2.05) is 0 Å². The zero-order valence-corrected chi connectivity index (χ0v) is 6.30. The van der Waals surface area contributed by atoms with Crippen molar-refractivity contribution in [2.75, 3.05) is 5.73 Å². The van der Waals surface area contributed by atoms with Crippen molar-refractivity contribution < 1.29 is 8.78 Å². The van der Waals surface area contributed by atoms with Gasteiger partial charge in [0, 0.05) is 0 Å². The third-order valence-electron chi connectivity index (χ3n) is 1.40. The zero-order valence-electron chi connectivity index (χ0n) is 6.30. The van der Waals surface area contributed by atoms with E-state index in [1.54, 1.807) is 0 Å². The number of nitrogen functional groups attached to an aromatic ring is 1. The Balaban J connectivity index is 3.13. The summed E-state index contributed by atoms with van der Waals surface area (Å²) in [6.45, 7) is 3.40. The molecular formula is C8H8F2N2. The van der Waals surface area contributed by atoms with Gasteiger partial charge < -0.3 is 5.73 Å². The van der Waals surface area contributed by atoms with Gasteiger partial charge in [0.25, 0.3) is 6.43 Å². The Hall–Kier alpha value is -1.45. The lowest BCUT2D eigenvalue weighted by Crippen LogP contribution is -1.97. The lowest BCUT2D eigenvalue weighted by Gasteiger charge is -2.02. The van der Waals surface area contributed by atoms with Gasteiger partial charge >= 0.3 is 0 Å². The molecule has 0 amide bonds. The van der Waals surface area contributed by atoms with E-state index in [9.17, 15) is 8.78 Å². The first-order valence-corrected chi connectivity index (χ1v) is 3.32. The van der Waals surface area contributed by atoms with Crippen LogP contribution < -0.4 is 5.73 Å². The second-order valence-electron chi connectivity index (χ2n) is 2.22. The Morgan fingerprint density at radius 1 is 1.50 bits per heavy atom. The summed E-state index contributed by atoms with van der Waals surface area (Å²) in [7, 11) is 0. The highest BCUT2D eigenvalue weighted by atomic mass is 19.3. The van der Waals surface area contributed by atoms with Crippen LogP contribution in [0.4, 0.5) is 14.5 Å². The van der Waals surface area contributed by atoms with Gasteiger partial charge in [-0.25, -0.2) is 13.8 Å². The van der Waals surface area contributed by atoms with Crippen LogP contribution in [0.25, 0.3) is 6.08 Å². The first-order chi connectivity index (χ1) is 5.65. The number of hydrogen-bond donors (Lipinski definition) is 1. The normalized spacial score (nSPS) is 10.2. The van der Waals surface area contributed by atoms with Crippen LogP contribution in [0.3, 0.4) is 0 Å². The van der Waals surface area contributed by atoms with Crippen molar-refractivity contribution in [3.05, 3.63) is 30.1 Å². The van der Waals surface area contributed by atoms with Crippen LogP contribution >= 0.6 is 0 Å². The van der Waals surface area contributed by atoms with Crippen molar-refractivity contribution in [3.63, 3.8) is 0 Å². The first-order valence-electron chi connectivity index (χ1n) is 3.32. The number of anilines is 1. The molecule has 0 saturated carbocycles. The highest BCUT2D eigenvalue weighted by Gasteiger charge is 2.09. The molecule has 0 spiro atoms. The summed E-state index contributed by atoms with van der Waals surface area (Å²) in [4.78, 5) is 3.60. The van der Waals surface area contributed by atoms with Gasteiger partial charge in [-0.2, -0.15) is 0 Å². The quantitative estimate of drug-likeness (QED) is 0.739. The molecular weight excluding hydrogens is 162 g/mol. The Morgan fingerprint density at radius 2 is 2.17 bits per heavy atom. The molecule has 0 fully saturated rings. The van der Waals surface area contributed by atoms with E-state index in [0.717, 1.165) is 0 Å². The fourth-order valence-corrected chi connectivity index (χ4v) is 0.786. The molecule has 0 aliphatic rings. The minimum Gasteiger partial charge on any atom is -0.397 e. The van der Waals surface area contributed by atoms with Crippen molar-refractivity contribution in [2.45, 2.75) is 6.43 Å². The van der Waals surface area contributed by atoms with Crippen molar-refractivity contribution in [1.29, 1.82) is 0 Å². The summed E-state index contributed by atoms with van der Waals surface area (Å²) in [5, 5.41) is 0. The molecule has 4 heteroatoms. The fourth-order valence-electron chi connectivity index (χ4n) is 0.786. The van der Waals surface area contributed by atoms with E-state index in [-0.39, 0.29) is 5.69 Å². The number of hydrogen-bond acceptors (Lipinski definition) is 2. The average molecular weight is 170 g/mol. The molecule has 0 aliphatic carbocycles. The van der Waals surface area contributed by atoms with Crippen LogP contribution in [0.2, 0.25) is 0 Å². The van der Waals surface area contributed by atoms with E-state index in [4.69, 9.17) is 5.73 Å². The van der Waals surface area contributed by atoms with E-state index in [0.29, 0.717) is 11.4 Å². The number of nitrogens with two attached hydrogens (primary N) is 1. The van der Waals surface area contributed by atoms with Crippen molar-refractivity contribution in [2.24, 2.45) is 0 Å². The molecule has 0 bridgehead atoms. The molecule has 2 nitrogen and oxygen atoms in total. The summed E-state index contributed by atoms with van der Waals surface area (Å²) in [5.41, 5.74) is 5.80. The molecule has 0 aliphatic heterocycles. The predicted octanol–water partition coefficient (Wildman–Crippen LogP) is 2.24. The molecule has 1 rings (SSSR count). The van der Waals surface area contributed by atoms with Crippen LogP contribution in [0.15, 0.2) is 18.7 Å². The standard InChI is InChI=1S/C8H8F2N2/c1-2-6-5(11)3-4-7(12-6)8(9)10/h2-4,8H,1,11H2. The predicted molar refractivity (Wildman–Crippen MR) is 43.7 cm³/mol. The third-order valence-corrected chi connectivity index (χ3v) is 1.40. The van der Waals surface area contributed by atoms with E-state index in [2.05, 4.69) is 11.6 Å². The number of rotatable bonds is 2. The Labute approximate surface area is 68.7 Å². The molecule has 0 radical (unpaired) electrons. The molecule has 64 valence electrons. The van der Waals surface area contributed by atoms with Gasteiger partial charge in [-0.1, -0.05) is 6.58 Å². The van der Waals surface area contributed by atoms with Gasteiger partial charge in [-0.3, -0.25) is 0 Å². The molecule has 1 aromatic heterocycles. The molecule has 0 aromatic carbocycles. The Bertz CT molecular complexity index is 297. The molecule has 0 atom stereocenters. The Morgan fingerprint density at radius 3 is 2.67 bits per heavy atom. The summed E-state index contributed by atoms with van der Waals surface area (Å²) >= 11 is 0. The monoisotopic (exact) mass is 170 g/mol. The number of aromatic nitrogens is 1. The first kappa shape index (κ1) is 8.64. The van der Waals surface area contributed by atoms with E-state index in [1.165, 1.54) is 18.2 Å². The lowest BCUT2D eigenvalue weighted by molar-refractivity contribution is 0.146. The van der Waals surface area contributed by atoms with Crippen molar-refractivity contribution >= 4 is 11.8 Å². The van der Waals surface area contributed by atoms with Crippen LogP contribution in [-0.2, 0) is 0 Å². The number of alkyl halides is 2. The van der Waals surface area contributed by atoms with Gasteiger partial charge in [0.05, 0.1) is 11.4 Å². The molecule has 1 aromatic rings. The lowest BCUT2D eigenvalue weighted by atomic mass is 10.2. The van der Waals surface area contributed by atoms with Gasteiger partial charge in [0.1, 0.15) is 5.69 Å². The zero-order chi connectivity index (χ0) is 9.14. The minimum absolute atomic E-state index is 0.279. The van der Waals surface area contributed by atoms with Gasteiger partial charge in [-0.15, -0.1) is 0 Å². The van der Waals surface area contributed by atoms with Crippen LogP contribution in [0.5, 0.6) is 0 Å². The maximum absolute atomic E-state index is 12.1. The molecule has 1 heterocycles. The molecule has 12 heavy (non-hydrogen) atoms. The molecule has 0 saturated heterocycles. The summed E-state index contributed by atoms with van der Waals surface area (Å²) < 4.78 is 24.2. The van der Waals surface area contributed by atoms with Gasteiger partial charge in [-0.05, 0) is 18.2 Å². The minimum atomic E-state index is -2.57. The highest BCUT2D eigenvalue weighted by molar-refractivity contribution is 5.59. The maximum atomic E-state index is 12.1. The average Bonchev–Trinajstić information content (AvgIpc) is 2.05. The third kappa shape index (κ3) is 1.58.